The fraction of sp³-hybridized carbons (Fsp3) is 0.417. The zero-order valence-corrected chi connectivity index (χ0v) is 9.40. The summed E-state index contributed by atoms with van der Waals surface area (Å²) in [6, 6.07) is 8.18. The van der Waals surface area contributed by atoms with Crippen LogP contribution in [0.2, 0.25) is 0 Å². The second-order valence-electron chi connectivity index (χ2n) is 4.25. The van der Waals surface area contributed by atoms with Crippen LogP contribution in [0.25, 0.3) is 0 Å². The highest BCUT2D eigenvalue weighted by Gasteiger charge is 2.29. The lowest BCUT2D eigenvalue weighted by atomic mass is 10.0. The smallest absolute Gasteiger partial charge is 0.323 e. The van der Waals surface area contributed by atoms with E-state index in [9.17, 15) is 4.79 Å². The van der Waals surface area contributed by atoms with E-state index in [1.165, 1.54) is 5.56 Å². The average molecular weight is 204 g/mol. The summed E-state index contributed by atoms with van der Waals surface area (Å²) in [5, 5.41) is 0. The van der Waals surface area contributed by atoms with Crippen LogP contribution in [0.5, 0.6) is 0 Å². The number of carbonyl (C=O) groups excluding carboxylic acids is 1. The first-order valence-corrected chi connectivity index (χ1v) is 5.19. The fourth-order valence-corrected chi connectivity index (χ4v) is 2.04. The number of rotatable bonds is 0. The maximum atomic E-state index is 11.9. The van der Waals surface area contributed by atoms with Gasteiger partial charge in [-0.3, -0.25) is 4.90 Å². The molecule has 0 aromatic heterocycles. The summed E-state index contributed by atoms with van der Waals surface area (Å²) in [4.78, 5) is 15.4. The highest BCUT2D eigenvalue weighted by atomic mass is 16.2. The molecule has 0 spiro atoms. The Hall–Kier alpha value is -1.51. The Bertz CT molecular complexity index is 387. The third-order valence-corrected chi connectivity index (χ3v) is 2.83. The molecule has 1 unspecified atom stereocenters. The van der Waals surface area contributed by atoms with Crippen LogP contribution in [0, 0.1) is 0 Å². The van der Waals surface area contributed by atoms with E-state index in [1.807, 2.05) is 23.1 Å². The number of urea groups is 1. The van der Waals surface area contributed by atoms with Crippen molar-refractivity contribution in [3.8, 4) is 0 Å². The summed E-state index contributed by atoms with van der Waals surface area (Å²) < 4.78 is 0. The highest BCUT2D eigenvalue weighted by Crippen LogP contribution is 2.35. The normalized spacial score (nSPS) is 18.9. The number of hydrogen-bond acceptors (Lipinski definition) is 1. The van der Waals surface area contributed by atoms with Crippen molar-refractivity contribution in [1.82, 2.24) is 4.90 Å². The first-order chi connectivity index (χ1) is 7.11. The van der Waals surface area contributed by atoms with Crippen LogP contribution in [0.15, 0.2) is 24.3 Å². The van der Waals surface area contributed by atoms with Crippen LogP contribution in [0.1, 0.15) is 18.4 Å². The van der Waals surface area contributed by atoms with E-state index in [0.29, 0.717) is 5.92 Å². The van der Waals surface area contributed by atoms with Gasteiger partial charge < -0.3 is 4.90 Å². The van der Waals surface area contributed by atoms with Crippen LogP contribution in [0.3, 0.4) is 0 Å². The minimum Gasteiger partial charge on any atom is -0.330 e. The summed E-state index contributed by atoms with van der Waals surface area (Å²) in [5.41, 5.74) is 2.33. The number of para-hydroxylation sites is 1. The Morgan fingerprint density at radius 1 is 1.40 bits per heavy atom. The zero-order valence-electron chi connectivity index (χ0n) is 9.40. The molecule has 0 bridgehead atoms. The molecule has 3 nitrogen and oxygen atoms in total. The molecule has 0 saturated carbocycles. The molecule has 80 valence electrons. The third kappa shape index (κ3) is 1.58. The summed E-state index contributed by atoms with van der Waals surface area (Å²) in [6.07, 6.45) is 0. The second kappa shape index (κ2) is 3.57. The van der Waals surface area contributed by atoms with E-state index in [2.05, 4.69) is 13.0 Å². The largest absolute Gasteiger partial charge is 0.330 e. The minimum absolute atomic E-state index is 0.0619. The summed E-state index contributed by atoms with van der Waals surface area (Å²) >= 11 is 0. The van der Waals surface area contributed by atoms with E-state index >= 15 is 0 Å². The second-order valence-corrected chi connectivity index (χ2v) is 4.25. The summed E-state index contributed by atoms with van der Waals surface area (Å²) in [6.45, 7) is 2.94. The first kappa shape index (κ1) is 10.0. The monoisotopic (exact) mass is 204 g/mol. The van der Waals surface area contributed by atoms with Gasteiger partial charge in [0.25, 0.3) is 0 Å². The van der Waals surface area contributed by atoms with Crippen molar-refractivity contribution in [3.63, 3.8) is 0 Å². The standard InChI is InChI=1S/C12H16N2O/c1-9-8-14(12(15)13(2)3)11-7-5-4-6-10(9)11/h4-7,9H,8H2,1-3H3. The molecule has 1 aliphatic heterocycles. The number of hydrogen-bond donors (Lipinski definition) is 0. The molecule has 1 atom stereocenters. The van der Waals surface area contributed by atoms with Gasteiger partial charge in [0.05, 0.1) is 0 Å². The predicted octanol–water partition coefficient (Wildman–Crippen LogP) is 2.29. The van der Waals surface area contributed by atoms with Gasteiger partial charge in [-0.25, -0.2) is 4.79 Å². The molecule has 3 heteroatoms. The Morgan fingerprint density at radius 3 is 2.73 bits per heavy atom. The molecule has 0 radical (unpaired) electrons. The molecular weight excluding hydrogens is 188 g/mol. The lowest BCUT2D eigenvalue weighted by molar-refractivity contribution is 0.224. The van der Waals surface area contributed by atoms with E-state index in [-0.39, 0.29) is 6.03 Å². The highest BCUT2D eigenvalue weighted by molar-refractivity contribution is 5.94. The predicted molar refractivity (Wildman–Crippen MR) is 61.3 cm³/mol. The Balaban J connectivity index is 2.36. The lowest BCUT2D eigenvalue weighted by Crippen LogP contribution is -2.38. The maximum Gasteiger partial charge on any atom is 0.323 e. The fourth-order valence-electron chi connectivity index (χ4n) is 2.04. The molecule has 0 fully saturated rings. The average Bonchev–Trinajstić information content (AvgIpc) is 2.56. The summed E-state index contributed by atoms with van der Waals surface area (Å²) in [5.74, 6) is 0.435. The van der Waals surface area contributed by atoms with Crippen LogP contribution in [0.4, 0.5) is 10.5 Å². The van der Waals surface area contributed by atoms with Crippen molar-refractivity contribution in [3.05, 3.63) is 29.8 Å². The number of nitrogens with zero attached hydrogens (tertiary/aromatic N) is 2. The van der Waals surface area contributed by atoms with Crippen LogP contribution in [-0.4, -0.2) is 31.6 Å². The van der Waals surface area contributed by atoms with Gasteiger partial charge in [0.1, 0.15) is 0 Å². The minimum atomic E-state index is 0.0619. The van der Waals surface area contributed by atoms with Crippen molar-refractivity contribution < 1.29 is 4.79 Å². The van der Waals surface area contributed by atoms with Gasteiger partial charge in [-0.05, 0) is 11.6 Å². The molecular formula is C12H16N2O. The van der Waals surface area contributed by atoms with Crippen molar-refractivity contribution in [2.75, 3.05) is 25.5 Å². The lowest BCUT2D eigenvalue weighted by Gasteiger charge is -2.22. The van der Waals surface area contributed by atoms with Gasteiger partial charge in [-0.2, -0.15) is 0 Å². The van der Waals surface area contributed by atoms with Gasteiger partial charge in [-0.1, -0.05) is 25.1 Å². The van der Waals surface area contributed by atoms with Gasteiger partial charge in [0.2, 0.25) is 0 Å². The number of benzene rings is 1. The third-order valence-electron chi connectivity index (χ3n) is 2.83. The molecule has 0 aliphatic carbocycles. The topological polar surface area (TPSA) is 23.6 Å². The molecule has 0 saturated heterocycles. The van der Waals surface area contributed by atoms with Crippen molar-refractivity contribution in [2.24, 2.45) is 0 Å². The van der Waals surface area contributed by atoms with E-state index in [1.54, 1.807) is 19.0 Å². The van der Waals surface area contributed by atoms with Gasteiger partial charge >= 0.3 is 6.03 Å². The molecule has 2 amide bonds. The van der Waals surface area contributed by atoms with Crippen molar-refractivity contribution in [1.29, 1.82) is 0 Å². The van der Waals surface area contributed by atoms with Crippen molar-refractivity contribution in [2.45, 2.75) is 12.8 Å². The van der Waals surface area contributed by atoms with E-state index < -0.39 is 0 Å². The van der Waals surface area contributed by atoms with Crippen LogP contribution < -0.4 is 4.90 Å². The summed E-state index contributed by atoms with van der Waals surface area (Å²) in [7, 11) is 3.57. The van der Waals surface area contributed by atoms with Crippen LogP contribution in [-0.2, 0) is 0 Å². The molecule has 1 heterocycles. The molecule has 1 aromatic rings. The molecule has 0 N–H and O–H groups in total. The Morgan fingerprint density at radius 2 is 2.07 bits per heavy atom. The maximum absolute atomic E-state index is 11.9. The molecule has 2 rings (SSSR count). The van der Waals surface area contributed by atoms with E-state index in [0.717, 1.165) is 12.2 Å². The molecule has 15 heavy (non-hydrogen) atoms. The Kier molecular flexibility index (Phi) is 2.39. The quantitative estimate of drug-likeness (QED) is 0.636. The van der Waals surface area contributed by atoms with Crippen LogP contribution >= 0.6 is 0 Å². The molecule has 1 aliphatic rings. The van der Waals surface area contributed by atoms with Crippen molar-refractivity contribution >= 4 is 11.7 Å². The van der Waals surface area contributed by atoms with Gasteiger partial charge in [0, 0.05) is 32.2 Å². The Labute approximate surface area is 90.3 Å². The SMILES string of the molecule is CC1CN(C(=O)N(C)C)c2ccccc21. The zero-order chi connectivity index (χ0) is 11.0. The number of carbonyl (C=O) groups is 1. The van der Waals surface area contributed by atoms with Gasteiger partial charge in [-0.15, -0.1) is 0 Å². The molecule has 1 aromatic carbocycles. The first-order valence-electron chi connectivity index (χ1n) is 5.19. The number of anilines is 1. The van der Waals surface area contributed by atoms with E-state index in [4.69, 9.17) is 0 Å². The number of fused-ring (bicyclic) bond motifs is 1. The number of amides is 2. The van der Waals surface area contributed by atoms with Gasteiger partial charge in [0.15, 0.2) is 0 Å².